The normalized spacial score (nSPS) is 11.2. The molecule has 0 aromatic rings. The number of thioether (sulfide) groups is 1. The van der Waals surface area contributed by atoms with Gasteiger partial charge in [-0.3, -0.25) is 4.79 Å². The van der Waals surface area contributed by atoms with E-state index in [4.69, 9.17) is 5.11 Å². The highest BCUT2D eigenvalue weighted by atomic mass is 32.2. The number of carboxylic acids is 1. The number of carboxylic acid groups (broad SMARTS) is 1. The zero-order valence-electron chi connectivity index (χ0n) is 10.2. The molecule has 0 saturated heterocycles. The van der Waals surface area contributed by atoms with Crippen LogP contribution in [0.5, 0.6) is 0 Å². The van der Waals surface area contributed by atoms with E-state index in [0.717, 1.165) is 24.3 Å². The van der Waals surface area contributed by atoms with E-state index in [1.165, 1.54) is 13.8 Å². The second-order valence-electron chi connectivity index (χ2n) is 4.19. The third-order valence-electron chi connectivity index (χ3n) is 2.10. The van der Waals surface area contributed by atoms with Gasteiger partial charge >= 0.3 is 5.97 Å². The number of unbranched alkanes of at least 4 members (excludes halogenated alkanes) is 1. The molecular formula is C11H21NO3S. The Morgan fingerprint density at radius 2 is 1.94 bits per heavy atom. The molecule has 0 aliphatic rings. The number of nitrogens with one attached hydrogen (secondary N) is 1. The van der Waals surface area contributed by atoms with Crippen molar-refractivity contribution in [1.82, 2.24) is 5.32 Å². The van der Waals surface area contributed by atoms with Gasteiger partial charge in [0.05, 0.1) is 0 Å². The van der Waals surface area contributed by atoms with Crippen molar-refractivity contribution in [2.24, 2.45) is 0 Å². The first-order chi connectivity index (χ1) is 7.40. The van der Waals surface area contributed by atoms with E-state index in [9.17, 15) is 9.59 Å². The monoisotopic (exact) mass is 247 g/mol. The number of aliphatic carboxylic acids is 1. The molecule has 1 amide bonds. The number of hydrogen-bond acceptors (Lipinski definition) is 3. The van der Waals surface area contributed by atoms with Crippen LogP contribution in [-0.2, 0) is 9.59 Å². The molecule has 0 saturated carbocycles. The van der Waals surface area contributed by atoms with Crippen LogP contribution in [0, 0.1) is 0 Å². The molecule has 0 radical (unpaired) electrons. The molecule has 16 heavy (non-hydrogen) atoms. The van der Waals surface area contributed by atoms with Crippen LogP contribution in [0.25, 0.3) is 0 Å². The van der Waals surface area contributed by atoms with E-state index in [1.54, 1.807) is 11.8 Å². The Balaban J connectivity index is 3.71. The van der Waals surface area contributed by atoms with Crippen molar-refractivity contribution in [3.8, 4) is 0 Å². The summed E-state index contributed by atoms with van der Waals surface area (Å²) in [6, 6.07) is 0. The largest absolute Gasteiger partial charge is 0.480 e. The second kappa shape index (κ2) is 7.54. The fraction of sp³-hybridized carbons (Fsp3) is 0.818. The molecule has 5 heteroatoms. The van der Waals surface area contributed by atoms with Gasteiger partial charge in [-0.2, -0.15) is 11.8 Å². The Morgan fingerprint density at radius 3 is 2.44 bits per heavy atom. The van der Waals surface area contributed by atoms with Gasteiger partial charge in [0, 0.05) is 12.2 Å². The SMILES string of the molecule is CCCCSCCC(=O)NC(C)(C)C(=O)O. The average Bonchev–Trinajstić information content (AvgIpc) is 2.16. The zero-order chi connectivity index (χ0) is 12.6. The van der Waals surface area contributed by atoms with E-state index in [0.29, 0.717) is 6.42 Å². The molecule has 0 rings (SSSR count). The standard InChI is InChI=1S/C11H21NO3S/c1-4-5-7-16-8-6-9(13)12-11(2,3)10(14)15/h4-8H2,1-3H3,(H,12,13)(H,14,15). The molecule has 0 aliphatic carbocycles. The van der Waals surface area contributed by atoms with Crippen molar-refractivity contribution in [2.45, 2.75) is 45.6 Å². The Morgan fingerprint density at radius 1 is 1.31 bits per heavy atom. The van der Waals surface area contributed by atoms with Gasteiger partial charge in [-0.15, -0.1) is 0 Å². The molecule has 0 aromatic heterocycles. The van der Waals surface area contributed by atoms with E-state index in [1.807, 2.05) is 0 Å². The maximum absolute atomic E-state index is 11.4. The van der Waals surface area contributed by atoms with Crippen LogP contribution >= 0.6 is 11.8 Å². The molecule has 0 unspecified atom stereocenters. The van der Waals surface area contributed by atoms with Crippen LogP contribution in [0.2, 0.25) is 0 Å². The van der Waals surface area contributed by atoms with E-state index in [-0.39, 0.29) is 5.91 Å². The summed E-state index contributed by atoms with van der Waals surface area (Å²) in [6.07, 6.45) is 2.70. The van der Waals surface area contributed by atoms with Crippen molar-refractivity contribution in [2.75, 3.05) is 11.5 Å². The van der Waals surface area contributed by atoms with Crippen molar-refractivity contribution in [3.05, 3.63) is 0 Å². The minimum absolute atomic E-state index is 0.198. The van der Waals surface area contributed by atoms with Gasteiger partial charge in [0.25, 0.3) is 0 Å². The van der Waals surface area contributed by atoms with Crippen LogP contribution in [0.1, 0.15) is 40.0 Å². The van der Waals surface area contributed by atoms with Crippen LogP contribution in [0.15, 0.2) is 0 Å². The lowest BCUT2D eigenvalue weighted by Gasteiger charge is -2.20. The fourth-order valence-corrected chi connectivity index (χ4v) is 2.00. The molecule has 94 valence electrons. The quantitative estimate of drug-likeness (QED) is 0.643. The average molecular weight is 247 g/mol. The highest BCUT2D eigenvalue weighted by Gasteiger charge is 2.28. The summed E-state index contributed by atoms with van der Waals surface area (Å²) < 4.78 is 0. The maximum atomic E-state index is 11.4. The Kier molecular flexibility index (Phi) is 7.21. The number of rotatable bonds is 8. The Labute approximate surface area is 101 Å². The lowest BCUT2D eigenvalue weighted by Crippen LogP contribution is -2.49. The van der Waals surface area contributed by atoms with Crippen LogP contribution in [-0.4, -0.2) is 34.0 Å². The predicted molar refractivity (Wildman–Crippen MR) is 66.7 cm³/mol. The first-order valence-corrected chi connectivity index (χ1v) is 6.67. The third-order valence-corrected chi connectivity index (χ3v) is 3.17. The first-order valence-electron chi connectivity index (χ1n) is 5.52. The van der Waals surface area contributed by atoms with E-state index in [2.05, 4.69) is 12.2 Å². The van der Waals surface area contributed by atoms with Crippen LogP contribution in [0.4, 0.5) is 0 Å². The molecule has 0 bridgehead atoms. The van der Waals surface area contributed by atoms with Crippen molar-refractivity contribution in [3.63, 3.8) is 0 Å². The van der Waals surface area contributed by atoms with Gasteiger partial charge in [-0.05, 0) is 26.0 Å². The zero-order valence-corrected chi connectivity index (χ0v) is 11.0. The lowest BCUT2D eigenvalue weighted by molar-refractivity contribution is -0.145. The fourth-order valence-electron chi connectivity index (χ4n) is 0.978. The maximum Gasteiger partial charge on any atom is 0.328 e. The minimum atomic E-state index is -1.18. The third kappa shape index (κ3) is 6.71. The Bertz CT molecular complexity index is 241. The van der Waals surface area contributed by atoms with Gasteiger partial charge < -0.3 is 10.4 Å². The highest BCUT2D eigenvalue weighted by Crippen LogP contribution is 2.07. The molecule has 4 nitrogen and oxygen atoms in total. The van der Waals surface area contributed by atoms with Crippen molar-refractivity contribution >= 4 is 23.6 Å². The molecule has 2 N–H and O–H groups in total. The molecule has 0 aliphatic heterocycles. The molecule has 0 heterocycles. The summed E-state index contributed by atoms with van der Waals surface area (Å²) in [5, 5.41) is 11.3. The van der Waals surface area contributed by atoms with Crippen LogP contribution in [0.3, 0.4) is 0 Å². The smallest absolute Gasteiger partial charge is 0.328 e. The minimum Gasteiger partial charge on any atom is -0.480 e. The summed E-state index contributed by atoms with van der Waals surface area (Å²) in [7, 11) is 0. The molecule has 0 spiro atoms. The first kappa shape index (κ1) is 15.3. The number of amides is 1. The topological polar surface area (TPSA) is 66.4 Å². The van der Waals surface area contributed by atoms with Crippen molar-refractivity contribution < 1.29 is 14.7 Å². The predicted octanol–water partition coefficient (Wildman–Crippen LogP) is 1.89. The van der Waals surface area contributed by atoms with Gasteiger partial charge in [-0.1, -0.05) is 13.3 Å². The summed E-state index contributed by atoms with van der Waals surface area (Å²) in [6.45, 7) is 5.09. The van der Waals surface area contributed by atoms with Crippen LogP contribution < -0.4 is 5.32 Å². The van der Waals surface area contributed by atoms with Gasteiger partial charge in [0.1, 0.15) is 5.54 Å². The molecule has 0 fully saturated rings. The number of hydrogen-bond donors (Lipinski definition) is 2. The van der Waals surface area contributed by atoms with Gasteiger partial charge in [0.15, 0.2) is 0 Å². The highest BCUT2D eigenvalue weighted by molar-refractivity contribution is 7.99. The van der Waals surface area contributed by atoms with E-state index >= 15 is 0 Å². The lowest BCUT2D eigenvalue weighted by atomic mass is 10.1. The molecular weight excluding hydrogens is 226 g/mol. The Hall–Kier alpha value is -0.710. The van der Waals surface area contributed by atoms with Gasteiger partial charge in [0.2, 0.25) is 5.91 Å². The molecule has 0 atom stereocenters. The van der Waals surface area contributed by atoms with Crippen molar-refractivity contribution in [1.29, 1.82) is 0 Å². The summed E-state index contributed by atoms with van der Waals surface area (Å²) in [4.78, 5) is 22.2. The number of carbonyl (C=O) groups excluding carboxylic acids is 1. The summed E-state index contributed by atoms with van der Waals surface area (Å²) in [5.41, 5.74) is -1.18. The summed E-state index contributed by atoms with van der Waals surface area (Å²) in [5.74, 6) is 0.601. The van der Waals surface area contributed by atoms with Gasteiger partial charge in [-0.25, -0.2) is 4.79 Å². The number of carbonyl (C=O) groups is 2. The molecule has 0 aromatic carbocycles. The van der Waals surface area contributed by atoms with E-state index < -0.39 is 11.5 Å². The summed E-state index contributed by atoms with van der Waals surface area (Å²) >= 11 is 1.73. The second-order valence-corrected chi connectivity index (χ2v) is 5.42.